The molecule has 0 spiro atoms. The van der Waals surface area contributed by atoms with Crippen LogP contribution in [0, 0.1) is 6.92 Å². The van der Waals surface area contributed by atoms with Gasteiger partial charge in [0.25, 0.3) is 0 Å². The summed E-state index contributed by atoms with van der Waals surface area (Å²) >= 11 is 3.44. The molecule has 7 heteroatoms. The summed E-state index contributed by atoms with van der Waals surface area (Å²) < 4.78 is 1.03. The number of nitrogen functional groups attached to an aromatic ring is 1. The zero-order valence-electron chi connectivity index (χ0n) is 10.1. The summed E-state index contributed by atoms with van der Waals surface area (Å²) in [6, 6.07) is 5.96. The number of H-pyrrole nitrogens is 1. The molecule has 0 fully saturated rings. The van der Waals surface area contributed by atoms with Crippen LogP contribution in [-0.4, -0.2) is 19.9 Å². The van der Waals surface area contributed by atoms with E-state index in [9.17, 15) is 0 Å². The number of nitrogens with zero attached hydrogens (tertiary/aromatic N) is 3. The van der Waals surface area contributed by atoms with Gasteiger partial charge in [0.1, 0.15) is 5.52 Å². The Morgan fingerprint density at radius 3 is 2.95 bits per heavy atom. The molecule has 4 N–H and O–H groups in total. The summed E-state index contributed by atoms with van der Waals surface area (Å²) in [5.41, 5.74) is 9.01. The van der Waals surface area contributed by atoms with E-state index in [0.717, 1.165) is 21.2 Å². The lowest BCUT2D eigenvalue weighted by atomic mass is 10.2. The van der Waals surface area contributed by atoms with E-state index in [1.807, 2.05) is 25.1 Å². The van der Waals surface area contributed by atoms with Gasteiger partial charge < -0.3 is 16.0 Å². The molecule has 6 nitrogen and oxygen atoms in total. The zero-order chi connectivity index (χ0) is 13.4. The van der Waals surface area contributed by atoms with Crippen LogP contribution >= 0.6 is 15.9 Å². The first kappa shape index (κ1) is 11.9. The fourth-order valence-electron chi connectivity index (χ4n) is 1.84. The standard InChI is InChI=1S/C12H11BrN6/c1-6-4-7(13)2-3-8(6)17-11-9-10(16-5-15-9)18-12(14)19-11/h2-5H,1H3,(H4,14,15,16,17,18,19). The van der Waals surface area contributed by atoms with Crippen molar-refractivity contribution in [2.24, 2.45) is 0 Å². The van der Waals surface area contributed by atoms with E-state index in [0.29, 0.717) is 11.5 Å². The normalized spacial score (nSPS) is 10.8. The predicted octanol–water partition coefficient (Wildman–Crippen LogP) is 2.75. The lowest BCUT2D eigenvalue weighted by Gasteiger charge is -2.10. The third-order valence-electron chi connectivity index (χ3n) is 2.74. The van der Waals surface area contributed by atoms with E-state index < -0.39 is 0 Å². The van der Waals surface area contributed by atoms with Crippen molar-refractivity contribution >= 4 is 44.5 Å². The second kappa shape index (κ2) is 4.51. The Balaban J connectivity index is 2.07. The molecule has 0 unspecified atom stereocenters. The topological polar surface area (TPSA) is 92.5 Å². The monoisotopic (exact) mass is 318 g/mol. The van der Waals surface area contributed by atoms with Gasteiger partial charge in [-0.05, 0) is 30.7 Å². The Morgan fingerprint density at radius 1 is 1.32 bits per heavy atom. The fourth-order valence-corrected chi connectivity index (χ4v) is 2.31. The first-order valence-corrected chi connectivity index (χ1v) is 6.42. The maximum absolute atomic E-state index is 5.68. The van der Waals surface area contributed by atoms with Gasteiger partial charge in [0, 0.05) is 10.2 Å². The van der Waals surface area contributed by atoms with E-state index in [1.54, 1.807) is 6.33 Å². The molecule has 96 valence electrons. The molecule has 3 aromatic rings. The van der Waals surface area contributed by atoms with E-state index in [2.05, 4.69) is 41.2 Å². The van der Waals surface area contributed by atoms with Crippen molar-refractivity contribution in [3.63, 3.8) is 0 Å². The van der Waals surface area contributed by atoms with E-state index in [1.165, 1.54) is 0 Å². The zero-order valence-corrected chi connectivity index (χ0v) is 11.7. The van der Waals surface area contributed by atoms with Crippen LogP contribution in [-0.2, 0) is 0 Å². The number of hydrogen-bond acceptors (Lipinski definition) is 5. The van der Waals surface area contributed by atoms with Crippen molar-refractivity contribution in [1.82, 2.24) is 19.9 Å². The van der Waals surface area contributed by atoms with Crippen molar-refractivity contribution in [2.45, 2.75) is 6.92 Å². The fraction of sp³-hybridized carbons (Fsp3) is 0.0833. The third kappa shape index (κ3) is 2.24. The van der Waals surface area contributed by atoms with Crippen molar-refractivity contribution in [3.05, 3.63) is 34.6 Å². The molecular formula is C12H11BrN6. The average molecular weight is 319 g/mol. The summed E-state index contributed by atoms with van der Waals surface area (Å²) in [6.45, 7) is 2.02. The van der Waals surface area contributed by atoms with Crippen LogP contribution in [0.1, 0.15) is 5.56 Å². The van der Waals surface area contributed by atoms with Gasteiger partial charge >= 0.3 is 0 Å². The highest BCUT2D eigenvalue weighted by molar-refractivity contribution is 9.10. The van der Waals surface area contributed by atoms with Crippen LogP contribution in [0.4, 0.5) is 17.5 Å². The second-order valence-corrected chi connectivity index (χ2v) is 5.03. The number of benzene rings is 1. The molecule has 2 heterocycles. The predicted molar refractivity (Wildman–Crippen MR) is 78.3 cm³/mol. The van der Waals surface area contributed by atoms with Crippen LogP contribution in [0.15, 0.2) is 29.0 Å². The number of aromatic nitrogens is 4. The molecule has 19 heavy (non-hydrogen) atoms. The van der Waals surface area contributed by atoms with Gasteiger partial charge in [-0.1, -0.05) is 15.9 Å². The van der Waals surface area contributed by atoms with Gasteiger partial charge in [0.2, 0.25) is 5.95 Å². The third-order valence-corrected chi connectivity index (χ3v) is 3.24. The van der Waals surface area contributed by atoms with E-state index in [4.69, 9.17) is 5.73 Å². The van der Waals surface area contributed by atoms with Crippen molar-refractivity contribution in [1.29, 1.82) is 0 Å². The molecule has 0 aliphatic rings. The van der Waals surface area contributed by atoms with Crippen molar-refractivity contribution in [3.8, 4) is 0 Å². The minimum atomic E-state index is 0.192. The molecule has 2 aromatic heterocycles. The molecule has 0 saturated heterocycles. The molecule has 0 amide bonds. The van der Waals surface area contributed by atoms with Gasteiger partial charge in [-0.3, -0.25) is 0 Å². The van der Waals surface area contributed by atoms with Gasteiger partial charge in [-0.2, -0.15) is 9.97 Å². The number of hydrogen-bond donors (Lipinski definition) is 3. The van der Waals surface area contributed by atoms with Crippen molar-refractivity contribution in [2.75, 3.05) is 11.1 Å². The van der Waals surface area contributed by atoms with Gasteiger partial charge in [-0.15, -0.1) is 0 Å². The van der Waals surface area contributed by atoms with Gasteiger partial charge in [-0.25, -0.2) is 4.98 Å². The maximum Gasteiger partial charge on any atom is 0.224 e. The molecule has 1 aromatic carbocycles. The lowest BCUT2D eigenvalue weighted by molar-refractivity contribution is 1.21. The SMILES string of the molecule is Cc1cc(Br)ccc1Nc1nc(N)nc2nc[nH]c12. The minimum Gasteiger partial charge on any atom is -0.368 e. The summed E-state index contributed by atoms with van der Waals surface area (Å²) in [4.78, 5) is 15.3. The lowest BCUT2D eigenvalue weighted by Crippen LogP contribution is -2.02. The van der Waals surface area contributed by atoms with Gasteiger partial charge in [0.15, 0.2) is 11.5 Å². The molecule has 0 bridgehead atoms. The summed E-state index contributed by atoms with van der Waals surface area (Å²) in [5, 5.41) is 3.25. The molecule has 0 aliphatic heterocycles. The number of anilines is 3. The van der Waals surface area contributed by atoms with Crippen LogP contribution in [0.25, 0.3) is 11.2 Å². The average Bonchev–Trinajstić information content (AvgIpc) is 2.80. The van der Waals surface area contributed by atoms with Crippen LogP contribution in [0.2, 0.25) is 0 Å². The number of fused-ring (bicyclic) bond motifs is 1. The van der Waals surface area contributed by atoms with Gasteiger partial charge in [0.05, 0.1) is 6.33 Å². The number of aryl methyl sites for hydroxylation is 1. The number of halogens is 1. The number of aromatic amines is 1. The van der Waals surface area contributed by atoms with E-state index in [-0.39, 0.29) is 5.95 Å². The van der Waals surface area contributed by atoms with Crippen LogP contribution in [0.3, 0.4) is 0 Å². The Labute approximate surface area is 117 Å². The summed E-state index contributed by atoms with van der Waals surface area (Å²) in [5.74, 6) is 0.808. The minimum absolute atomic E-state index is 0.192. The number of rotatable bonds is 2. The Hall–Kier alpha value is -2.15. The molecule has 0 aliphatic carbocycles. The highest BCUT2D eigenvalue weighted by atomic mass is 79.9. The smallest absolute Gasteiger partial charge is 0.224 e. The first-order valence-electron chi connectivity index (χ1n) is 5.63. The molecule has 3 rings (SSSR count). The highest BCUT2D eigenvalue weighted by Gasteiger charge is 2.09. The Kier molecular flexibility index (Phi) is 2.83. The molecule has 0 saturated carbocycles. The highest BCUT2D eigenvalue weighted by Crippen LogP contribution is 2.26. The van der Waals surface area contributed by atoms with E-state index >= 15 is 0 Å². The Morgan fingerprint density at radius 2 is 2.16 bits per heavy atom. The molecule has 0 atom stereocenters. The maximum atomic E-state index is 5.68. The largest absolute Gasteiger partial charge is 0.368 e. The van der Waals surface area contributed by atoms with Crippen LogP contribution in [0.5, 0.6) is 0 Å². The second-order valence-electron chi connectivity index (χ2n) is 4.12. The number of imidazole rings is 1. The van der Waals surface area contributed by atoms with Crippen molar-refractivity contribution < 1.29 is 0 Å². The number of nitrogens with two attached hydrogens (primary N) is 1. The Bertz CT molecular complexity index is 751. The number of nitrogens with one attached hydrogen (secondary N) is 2. The first-order chi connectivity index (χ1) is 9.13. The molecule has 0 radical (unpaired) electrons. The van der Waals surface area contributed by atoms with Crippen LogP contribution < -0.4 is 11.1 Å². The quantitative estimate of drug-likeness (QED) is 0.675. The summed E-state index contributed by atoms with van der Waals surface area (Å²) in [6.07, 6.45) is 1.57. The molecular weight excluding hydrogens is 308 g/mol. The summed E-state index contributed by atoms with van der Waals surface area (Å²) in [7, 11) is 0.